The largest absolute Gasteiger partial charge is 0.465 e. The summed E-state index contributed by atoms with van der Waals surface area (Å²) in [6, 6.07) is 104. The van der Waals surface area contributed by atoms with Gasteiger partial charge in [0.15, 0.2) is 0 Å². The van der Waals surface area contributed by atoms with Gasteiger partial charge in [0.2, 0.25) is 0 Å². The SMILES string of the molecule is CCOC(=O)c1ccc(-c2ccc3c(c2)c2cc(-c4ccc(C(=O)OC)cc4)ccc2c2nc4c(-c5cccc6c5-c5ccccc5C6(c5ccccc5)c5ccccc5)sc(-c5cccc6c5-c5ccccc5C6(c5ccccc5)c5ccccc5)c4nc32)cc1. The van der Waals surface area contributed by atoms with E-state index in [1.165, 1.54) is 73.9 Å². The second kappa shape index (κ2) is 21.7. The molecule has 0 bridgehead atoms. The molecule has 15 aromatic rings. The zero-order valence-electron chi connectivity index (χ0n) is 50.4. The van der Waals surface area contributed by atoms with Crippen LogP contribution in [0.3, 0.4) is 0 Å². The van der Waals surface area contributed by atoms with Gasteiger partial charge in [-0.15, -0.1) is 11.3 Å². The zero-order chi connectivity index (χ0) is 61.7. The van der Waals surface area contributed by atoms with Gasteiger partial charge in [-0.3, -0.25) is 0 Å². The fourth-order valence-electron chi connectivity index (χ4n) is 15.3. The van der Waals surface area contributed by atoms with E-state index in [0.29, 0.717) is 17.7 Å². The number of rotatable bonds is 11. The van der Waals surface area contributed by atoms with Crippen LogP contribution in [-0.2, 0) is 20.3 Å². The normalized spacial score (nSPS) is 13.2. The van der Waals surface area contributed by atoms with E-state index in [4.69, 9.17) is 19.4 Å². The smallest absolute Gasteiger partial charge is 0.338 e. The Labute approximate surface area is 536 Å². The van der Waals surface area contributed by atoms with Gasteiger partial charge in [-0.25, -0.2) is 19.6 Å². The van der Waals surface area contributed by atoms with Crippen LogP contribution in [0.2, 0.25) is 0 Å². The van der Waals surface area contributed by atoms with E-state index in [9.17, 15) is 9.59 Å². The van der Waals surface area contributed by atoms with E-state index in [-0.39, 0.29) is 11.9 Å². The number of carbonyl (C=O) groups excluding carboxylic acids is 2. The Hall–Kier alpha value is -11.4. The summed E-state index contributed by atoms with van der Waals surface area (Å²) < 4.78 is 10.5. The Balaban J connectivity index is 0.986. The van der Waals surface area contributed by atoms with E-state index < -0.39 is 10.8 Å². The molecular weight excluding hydrogens is 1150 g/mol. The van der Waals surface area contributed by atoms with E-state index in [0.717, 1.165) is 86.7 Å². The molecule has 0 atom stereocenters. The summed E-state index contributed by atoms with van der Waals surface area (Å²) in [5.41, 5.74) is 23.4. The standard InChI is InChI=1S/C85H56N2O4S/c1-3-91-83(89)55-44-40-53(41-45-55)57-47-49-63-69(51-57)68-50-56(52-38-42-54(43-39-52)82(88)90-2)46-48-62(68)76-77(63)87-79-78(86-76)80(66-32-20-36-72-74(66)64-30-16-18-34-70(64)84(72,58-22-8-4-9-23-58)59-24-10-5-11-25-59)92-81(79)67-33-21-37-73-75(67)65-31-17-19-35-71(65)85(73,60-26-12-6-13-27-60)61-28-14-7-15-29-61/h4-51H,3H2,1-2H3. The maximum atomic E-state index is 12.9. The van der Waals surface area contributed by atoms with Crippen molar-refractivity contribution in [1.82, 2.24) is 9.97 Å². The summed E-state index contributed by atoms with van der Waals surface area (Å²) in [5, 5.41) is 3.90. The minimum Gasteiger partial charge on any atom is -0.465 e. The Bertz CT molecular complexity index is 5390. The number of hydrogen-bond acceptors (Lipinski definition) is 7. The molecule has 17 rings (SSSR count). The number of nitrogens with zero attached hydrogens (tertiary/aromatic N) is 2. The van der Waals surface area contributed by atoms with E-state index in [1.54, 1.807) is 11.3 Å². The van der Waals surface area contributed by atoms with Crippen LogP contribution < -0.4 is 0 Å². The number of thiophene rings is 1. The van der Waals surface area contributed by atoms with Gasteiger partial charge in [0.05, 0.1) is 56.5 Å². The molecule has 2 aliphatic carbocycles. The fourth-order valence-corrected chi connectivity index (χ4v) is 16.5. The fraction of sp³-hybridized carbons (Fsp3) is 0.0588. The maximum absolute atomic E-state index is 12.9. The van der Waals surface area contributed by atoms with Crippen LogP contribution in [0.1, 0.15) is 72.1 Å². The van der Waals surface area contributed by atoms with E-state index in [1.807, 2.05) is 55.5 Å². The second-order valence-electron chi connectivity index (χ2n) is 23.8. The van der Waals surface area contributed by atoms with Crippen molar-refractivity contribution in [1.29, 1.82) is 0 Å². The Morgan fingerprint density at radius 3 is 1.09 bits per heavy atom. The first-order valence-electron chi connectivity index (χ1n) is 31.2. The van der Waals surface area contributed by atoms with Crippen LogP contribution >= 0.6 is 11.3 Å². The number of fused-ring (bicyclic) bond motifs is 13. The van der Waals surface area contributed by atoms with Crippen LogP contribution in [0.15, 0.2) is 291 Å². The lowest BCUT2D eigenvalue weighted by atomic mass is 9.67. The molecule has 0 unspecified atom stereocenters. The minimum atomic E-state index is -0.630. The van der Waals surface area contributed by atoms with Crippen molar-refractivity contribution < 1.29 is 19.1 Å². The quantitative estimate of drug-likeness (QED) is 0.0948. The van der Waals surface area contributed by atoms with E-state index in [2.05, 4.69) is 243 Å². The number of esters is 2. The minimum absolute atomic E-state index is 0.296. The maximum Gasteiger partial charge on any atom is 0.338 e. The van der Waals surface area contributed by atoms with Crippen molar-refractivity contribution in [2.75, 3.05) is 13.7 Å². The first-order valence-corrected chi connectivity index (χ1v) is 32.0. The molecule has 0 saturated carbocycles. The highest BCUT2D eigenvalue weighted by atomic mass is 32.1. The molecule has 0 radical (unpaired) electrons. The first-order chi connectivity index (χ1) is 45.4. The van der Waals surface area contributed by atoms with Crippen LogP contribution in [-0.4, -0.2) is 35.6 Å². The van der Waals surface area contributed by atoms with Gasteiger partial charge in [-0.1, -0.05) is 255 Å². The van der Waals surface area contributed by atoms with Gasteiger partial charge >= 0.3 is 11.9 Å². The third-order valence-corrected chi connectivity index (χ3v) is 20.4. The van der Waals surface area contributed by atoms with Gasteiger partial charge in [-0.05, 0) is 143 Å². The third kappa shape index (κ3) is 8.11. The molecule has 0 N–H and O–H groups in total. The van der Waals surface area contributed by atoms with Crippen LogP contribution in [0.4, 0.5) is 0 Å². The summed E-state index contributed by atoms with van der Waals surface area (Å²) in [7, 11) is 1.40. The Morgan fingerprint density at radius 2 is 0.696 bits per heavy atom. The van der Waals surface area contributed by atoms with Crippen LogP contribution in [0.25, 0.3) is 109 Å². The number of methoxy groups -OCH3 is 1. The average molecular weight is 1200 g/mol. The molecule has 13 aromatic carbocycles. The zero-order valence-corrected chi connectivity index (χ0v) is 51.2. The highest BCUT2D eigenvalue weighted by Crippen LogP contribution is 2.62. The Morgan fingerprint density at radius 1 is 0.348 bits per heavy atom. The highest BCUT2D eigenvalue weighted by molar-refractivity contribution is 7.21. The predicted molar refractivity (Wildman–Crippen MR) is 374 cm³/mol. The van der Waals surface area contributed by atoms with Crippen molar-refractivity contribution in [2.45, 2.75) is 17.8 Å². The van der Waals surface area contributed by atoms with Crippen molar-refractivity contribution in [3.8, 4) is 65.4 Å². The van der Waals surface area contributed by atoms with Crippen molar-refractivity contribution in [3.05, 3.63) is 347 Å². The second-order valence-corrected chi connectivity index (χ2v) is 24.8. The molecule has 92 heavy (non-hydrogen) atoms. The lowest BCUT2D eigenvalue weighted by molar-refractivity contribution is 0.0525. The monoisotopic (exact) mass is 1200 g/mol. The number of benzene rings is 13. The van der Waals surface area contributed by atoms with Gasteiger partial charge in [0, 0.05) is 21.9 Å². The van der Waals surface area contributed by atoms with Crippen molar-refractivity contribution in [3.63, 3.8) is 0 Å². The molecule has 0 fully saturated rings. The topological polar surface area (TPSA) is 78.4 Å². The molecule has 2 heterocycles. The van der Waals surface area contributed by atoms with E-state index >= 15 is 0 Å². The molecule has 0 spiro atoms. The first kappa shape index (κ1) is 54.7. The summed E-state index contributed by atoms with van der Waals surface area (Å²) >= 11 is 1.78. The summed E-state index contributed by atoms with van der Waals surface area (Å²) in [5.74, 6) is -0.741. The molecule has 7 heteroatoms. The molecule has 2 aromatic heterocycles. The van der Waals surface area contributed by atoms with Gasteiger partial charge in [-0.2, -0.15) is 0 Å². The number of carbonyl (C=O) groups is 2. The van der Waals surface area contributed by atoms with Crippen molar-refractivity contribution in [2.24, 2.45) is 0 Å². The van der Waals surface area contributed by atoms with Crippen LogP contribution in [0.5, 0.6) is 0 Å². The number of hydrogen-bond donors (Lipinski definition) is 0. The van der Waals surface area contributed by atoms with Gasteiger partial charge in [0.1, 0.15) is 11.0 Å². The summed E-state index contributed by atoms with van der Waals surface area (Å²) in [4.78, 5) is 39.8. The molecule has 0 amide bonds. The number of aromatic nitrogens is 2. The van der Waals surface area contributed by atoms with Gasteiger partial charge < -0.3 is 9.47 Å². The Kier molecular flexibility index (Phi) is 12.9. The summed E-state index contributed by atoms with van der Waals surface area (Å²) in [6.07, 6.45) is 0. The number of ether oxygens (including phenoxy) is 2. The lowest BCUT2D eigenvalue weighted by Crippen LogP contribution is -2.28. The molecule has 2 aliphatic rings. The van der Waals surface area contributed by atoms with Gasteiger partial charge in [0.25, 0.3) is 0 Å². The predicted octanol–water partition coefficient (Wildman–Crippen LogP) is 20.5. The molecular formula is C85H56N2O4S. The molecule has 0 saturated heterocycles. The highest BCUT2D eigenvalue weighted by Gasteiger charge is 2.49. The molecule has 6 nitrogen and oxygen atoms in total. The summed E-state index contributed by atoms with van der Waals surface area (Å²) in [6.45, 7) is 2.11. The third-order valence-electron chi connectivity index (χ3n) is 19.2. The average Bonchev–Trinajstić information content (AvgIpc) is 1.36. The van der Waals surface area contributed by atoms with Crippen LogP contribution in [0, 0.1) is 0 Å². The van der Waals surface area contributed by atoms with Crippen molar-refractivity contribution >= 4 is 66.9 Å². The lowest BCUT2D eigenvalue weighted by Gasteiger charge is -2.34. The molecule has 0 aliphatic heterocycles. The molecule has 436 valence electrons.